The van der Waals surface area contributed by atoms with Gasteiger partial charge in [0.15, 0.2) is 5.16 Å². The molecule has 0 saturated heterocycles. The summed E-state index contributed by atoms with van der Waals surface area (Å²) in [5, 5.41) is 12.8. The van der Waals surface area contributed by atoms with Crippen LogP contribution in [0.4, 0.5) is 5.69 Å². The summed E-state index contributed by atoms with van der Waals surface area (Å²) in [5.41, 5.74) is 5.31. The van der Waals surface area contributed by atoms with E-state index in [0.717, 1.165) is 22.4 Å². The lowest BCUT2D eigenvalue weighted by atomic mass is 10.1. The average molecular weight is 470 g/mol. The number of thioether (sulfide) groups is 1. The van der Waals surface area contributed by atoms with Crippen LogP contribution in [0.15, 0.2) is 76.7 Å². The van der Waals surface area contributed by atoms with Gasteiger partial charge in [0.2, 0.25) is 11.7 Å². The summed E-state index contributed by atoms with van der Waals surface area (Å²) in [4.78, 5) is 26.1. The number of carbonyl (C=O) groups is 1. The minimum atomic E-state index is -0.163. The molecule has 1 amide bonds. The zero-order chi connectivity index (χ0) is 23.8. The molecule has 1 N–H and O–H groups in total. The van der Waals surface area contributed by atoms with Gasteiger partial charge in [0.1, 0.15) is 0 Å². The second-order valence-electron chi connectivity index (χ2n) is 8.20. The lowest BCUT2D eigenvalue weighted by Gasteiger charge is -2.12. The number of fused-ring (bicyclic) bond motifs is 3. The number of para-hydroxylation sites is 1. The molecule has 3 aromatic carbocycles. The third-order valence-corrected chi connectivity index (χ3v) is 6.83. The van der Waals surface area contributed by atoms with Crippen LogP contribution < -0.4 is 10.9 Å². The molecule has 0 aliphatic heterocycles. The maximum atomic E-state index is 13.4. The highest BCUT2D eigenvalue weighted by atomic mass is 32.2. The monoisotopic (exact) mass is 469 g/mol. The van der Waals surface area contributed by atoms with Crippen molar-refractivity contribution in [3.8, 4) is 5.69 Å². The molecule has 0 atom stereocenters. The molecule has 8 heteroatoms. The molecule has 2 aromatic heterocycles. The number of hydrogen-bond donors (Lipinski definition) is 1. The van der Waals surface area contributed by atoms with Gasteiger partial charge in [-0.2, -0.15) is 0 Å². The molecule has 0 aliphatic rings. The van der Waals surface area contributed by atoms with Crippen LogP contribution in [-0.4, -0.2) is 30.8 Å². The van der Waals surface area contributed by atoms with Gasteiger partial charge in [-0.25, -0.2) is 4.57 Å². The SMILES string of the molecule is Cc1ccc(-n2c(=O)c3ccccc3n3c(SCC(=O)Nc4cccc(C)c4C)nnc23)cc1. The van der Waals surface area contributed by atoms with E-state index in [1.165, 1.54) is 11.8 Å². The predicted octanol–water partition coefficient (Wildman–Crippen LogP) is 4.69. The topological polar surface area (TPSA) is 81.3 Å². The smallest absolute Gasteiger partial charge is 0.267 e. The van der Waals surface area contributed by atoms with Gasteiger partial charge in [-0.3, -0.25) is 14.0 Å². The van der Waals surface area contributed by atoms with Crippen LogP contribution in [0.2, 0.25) is 0 Å². The molecule has 0 radical (unpaired) electrons. The standard InChI is InChI=1S/C26H23N5O2S/c1-16-11-13-19(14-12-16)30-24(33)20-8-4-5-10-22(20)31-25(30)28-29-26(31)34-15-23(32)27-21-9-6-7-17(2)18(21)3/h4-14H,15H2,1-3H3,(H,27,32). The molecule has 0 bridgehead atoms. The number of rotatable bonds is 5. The van der Waals surface area contributed by atoms with Crippen LogP contribution in [0.3, 0.4) is 0 Å². The highest BCUT2D eigenvalue weighted by Crippen LogP contribution is 2.24. The van der Waals surface area contributed by atoms with E-state index < -0.39 is 0 Å². The maximum absolute atomic E-state index is 13.4. The number of nitrogens with zero attached hydrogens (tertiary/aromatic N) is 4. The number of aromatic nitrogens is 4. The van der Waals surface area contributed by atoms with Crippen LogP contribution in [0.1, 0.15) is 16.7 Å². The molecule has 5 aromatic rings. The van der Waals surface area contributed by atoms with Crippen molar-refractivity contribution in [2.75, 3.05) is 11.1 Å². The van der Waals surface area contributed by atoms with Gasteiger partial charge < -0.3 is 5.32 Å². The van der Waals surface area contributed by atoms with Gasteiger partial charge in [0.25, 0.3) is 5.56 Å². The zero-order valence-electron chi connectivity index (χ0n) is 19.1. The van der Waals surface area contributed by atoms with E-state index in [1.54, 1.807) is 10.6 Å². The zero-order valence-corrected chi connectivity index (χ0v) is 19.9. The van der Waals surface area contributed by atoms with Gasteiger partial charge in [0.05, 0.1) is 22.3 Å². The molecule has 0 aliphatic carbocycles. The first-order valence-electron chi connectivity index (χ1n) is 10.9. The summed E-state index contributed by atoms with van der Waals surface area (Å²) >= 11 is 1.28. The van der Waals surface area contributed by atoms with E-state index in [4.69, 9.17) is 0 Å². The summed E-state index contributed by atoms with van der Waals surface area (Å²) in [6.45, 7) is 6.00. The fourth-order valence-corrected chi connectivity index (χ4v) is 4.64. The van der Waals surface area contributed by atoms with E-state index in [-0.39, 0.29) is 17.2 Å². The normalized spacial score (nSPS) is 11.3. The molecular weight excluding hydrogens is 446 g/mol. The second kappa shape index (κ2) is 8.79. The Morgan fingerprint density at radius 2 is 1.71 bits per heavy atom. The Morgan fingerprint density at radius 1 is 0.941 bits per heavy atom. The molecule has 0 fully saturated rings. The lowest BCUT2D eigenvalue weighted by Crippen LogP contribution is -2.22. The Hall–Kier alpha value is -3.91. The van der Waals surface area contributed by atoms with E-state index in [2.05, 4.69) is 15.5 Å². The van der Waals surface area contributed by atoms with Crippen LogP contribution in [0, 0.1) is 20.8 Å². The van der Waals surface area contributed by atoms with Crippen LogP contribution in [0.25, 0.3) is 22.4 Å². The van der Waals surface area contributed by atoms with Crippen molar-refractivity contribution in [2.45, 2.75) is 25.9 Å². The first-order valence-corrected chi connectivity index (χ1v) is 11.9. The number of hydrogen-bond acceptors (Lipinski definition) is 5. The van der Waals surface area contributed by atoms with Gasteiger partial charge in [-0.15, -0.1) is 10.2 Å². The molecule has 2 heterocycles. The third kappa shape index (κ3) is 3.86. The summed E-state index contributed by atoms with van der Waals surface area (Å²) in [5.74, 6) is 0.434. The Kier molecular flexibility index (Phi) is 5.67. The van der Waals surface area contributed by atoms with Crippen molar-refractivity contribution < 1.29 is 4.79 Å². The molecule has 34 heavy (non-hydrogen) atoms. The van der Waals surface area contributed by atoms with Crippen molar-refractivity contribution in [2.24, 2.45) is 0 Å². The Morgan fingerprint density at radius 3 is 2.50 bits per heavy atom. The largest absolute Gasteiger partial charge is 0.325 e. The van der Waals surface area contributed by atoms with Crippen molar-refractivity contribution in [1.82, 2.24) is 19.2 Å². The number of aryl methyl sites for hydroxylation is 2. The fourth-order valence-electron chi connectivity index (χ4n) is 3.90. The quantitative estimate of drug-likeness (QED) is 0.378. The van der Waals surface area contributed by atoms with Gasteiger partial charge in [-0.05, 0) is 62.2 Å². The first kappa shape index (κ1) is 21.9. The summed E-state index contributed by atoms with van der Waals surface area (Å²) < 4.78 is 3.40. The number of benzene rings is 3. The van der Waals surface area contributed by atoms with E-state index >= 15 is 0 Å². The number of anilines is 1. The molecule has 0 spiro atoms. The minimum absolute atomic E-state index is 0.133. The first-order chi connectivity index (χ1) is 16.4. The van der Waals surface area contributed by atoms with E-state index in [0.29, 0.717) is 27.5 Å². The van der Waals surface area contributed by atoms with Crippen molar-refractivity contribution >= 4 is 40.0 Å². The molecule has 0 unspecified atom stereocenters. The van der Waals surface area contributed by atoms with Crippen LogP contribution in [-0.2, 0) is 4.79 Å². The minimum Gasteiger partial charge on any atom is -0.325 e. The van der Waals surface area contributed by atoms with E-state index in [1.807, 2.05) is 85.8 Å². The average Bonchev–Trinajstić information content (AvgIpc) is 3.26. The van der Waals surface area contributed by atoms with Crippen LogP contribution in [0.5, 0.6) is 0 Å². The summed E-state index contributed by atoms with van der Waals surface area (Å²) in [6.07, 6.45) is 0. The van der Waals surface area contributed by atoms with Gasteiger partial charge in [0, 0.05) is 5.69 Å². The number of amides is 1. The Bertz CT molecular complexity index is 1600. The lowest BCUT2D eigenvalue weighted by molar-refractivity contribution is -0.113. The molecule has 5 rings (SSSR count). The van der Waals surface area contributed by atoms with Gasteiger partial charge >= 0.3 is 0 Å². The molecule has 0 saturated carbocycles. The maximum Gasteiger partial charge on any atom is 0.267 e. The Labute approximate surface area is 200 Å². The highest BCUT2D eigenvalue weighted by molar-refractivity contribution is 7.99. The summed E-state index contributed by atoms with van der Waals surface area (Å²) in [7, 11) is 0. The van der Waals surface area contributed by atoms with Crippen LogP contribution >= 0.6 is 11.8 Å². The second-order valence-corrected chi connectivity index (χ2v) is 9.14. The molecule has 7 nitrogen and oxygen atoms in total. The fraction of sp³-hybridized carbons (Fsp3) is 0.154. The van der Waals surface area contributed by atoms with Crippen molar-refractivity contribution in [1.29, 1.82) is 0 Å². The van der Waals surface area contributed by atoms with Crippen molar-refractivity contribution in [3.63, 3.8) is 0 Å². The van der Waals surface area contributed by atoms with Gasteiger partial charge in [-0.1, -0.05) is 53.7 Å². The van der Waals surface area contributed by atoms with Crippen molar-refractivity contribution in [3.05, 3.63) is 93.8 Å². The predicted molar refractivity (Wildman–Crippen MR) is 136 cm³/mol. The highest BCUT2D eigenvalue weighted by Gasteiger charge is 2.18. The molecule has 170 valence electrons. The van der Waals surface area contributed by atoms with E-state index in [9.17, 15) is 9.59 Å². The Balaban J connectivity index is 1.54. The number of nitrogens with one attached hydrogen (secondary N) is 1. The third-order valence-electron chi connectivity index (χ3n) is 5.90. The summed E-state index contributed by atoms with van der Waals surface area (Å²) in [6, 6.07) is 20.9. The molecular formula is C26H23N5O2S. The number of carbonyl (C=O) groups excluding carboxylic acids is 1.